The molecule has 0 radical (unpaired) electrons. The molecule has 0 saturated carbocycles. The van der Waals surface area contributed by atoms with Crippen molar-refractivity contribution in [3.8, 4) is 5.75 Å². The number of para-hydroxylation sites is 1. The van der Waals surface area contributed by atoms with Crippen LogP contribution in [0, 0.1) is 0 Å². The van der Waals surface area contributed by atoms with Gasteiger partial charge in [0.1, 0.15) is 5.75 Å². The first-order valence-electron chi connectivity index (χ1n) is 8.57. The molecule has 1 aliphatic rings. The van der Waals surface area contributed by atoms with Gasteiger partial charge in [0.05, 0.1) is 12.7 Å². The van der Waals surface area contributed by atoms with Crippen LogP contribution in [0.1, 0.15) is 33.6 Å². The van der Waals surface area contributed by atoms with E-state index in [9.17, 15) is 9.59 Å². The maximum atomic E-state index is 12.6. The molecule has 2 amide bonds. The molecule has 0 aromatic heterocycles. The van der Waals surface area contributed by atoms with Crippen LogP contribution < -0.4 is 10.1 Å². The van der Waals surface area contributed by atoms with Gasteiger partial charge in [0, 0.05) is 29.2 Å². The minimum Gasteiger partial charge on any atom is -0.496 e. The molecular weight excluding hydrogens is 396 g/mol. The molecule has 26 heavy (non-hydrogen) atoms. The first-order valence-corrected chi connectivity index (χ1v) is 9.36. The molecule has 1 heterocycles. The zero-order valence-electron chi connectivity index (χ0n) is 14.6. The third kappa shape index (κ3) is 4.25. The van der Waals surface area contributed by atoms with E-state index in [1.54, 1.807) is 19.2 Å². The van der Waals surface area contributed by atoms with Crippen LogP contribution in [-0.4, -0.2) is 43.0 Å². The lowest BCUT2D eigenvalue weighted by Crippen LogP contribution is -2.46. The van der Waals surface area contributed by atoms with Gasteiger partial charge in [0.2, 0.25) is 0 Å². The van der Waals surface area contributed by atoms with Crippen LogP contribution in [0.5, 0.6) is 5.75 Å². The number of carbonyl (C=O) groups is 2. The Morgan fingerprint density at radius 2 is 1.73 bits per heavy atom. The van der Waals surface area contributed by atoms with Crippen molar-refractivity contribution >= 4 is 27.7 Å². The minimum atomic E-state index is -0.139. The summed E-state index contributed by atoms with van der Waals surface area (Å²) >= 11 is 3.38. The molecule has 0 unspecified atom stereocenters. The molecule has 2 aromatic carbocycles. The number of methoxy groups -OCH3 is 1. The second-order valence-electron chi connectivity index (χ2n) is 6.25. The van der Waals surface area contributed by atoms with Gasteiger partial charge in [-0.25, -0.2) is 0 Å². The summed E-state index contributed by atoms with van der Waals surface area (Å²) in [6.07, 6.45) is 1.48. The van der Waals surface area contributed by atoms with Crippen molar-refractivity contribution in [3.63, 3.8) is 0 Å². The van der Waals surface area contributed by atoms with E-state index in [0.29, 0.717) is 30.0 Å². The number of rotatable bonds is 4. The lowest BCUT2D eigenvalue weighted by Gasteiger charge is -2.32. The van der Waals surface area contributed by atoms with Gasteiger partial charge in [0.25, 0.3) is 11.8 Å². The summed E-state index contributed by atoms with van der Waals surface area (Å²) in [5.74, 6) is 0.458. The predicted molar refractivity (Wildman–Crippen MR) is 104 cm³/mol. The molecule has 0 bridgehead atoms. The maximum Gasteiger partial charge on any atom is 0.255 e. The number of hydrogen-bond acceptors (Lipinski definition) is 3. The highest BCUT2D eigenvalue weighted by molar-refractivity contribution is 9.10. The van der Waals surface area contributed by atoms with E-state index in [1.165, 1.54) is 0 Å². The van der Waals surface area contributed by atoms with E-state index in [2.05, 4.69) is 21.2 Å². The fourth-order valence-corrected chi connectivity index (χ4v) is 3.36. The molecule has 1 fully saturated rings. The van der Waals surface area contributed by atoms with E-state index in [1.807, 2.05) is 41.3 Å². The van der Waals surface area contributed by atoms with Crippen molar-refractivity contribution in [3.05, 3.63) is 64.1 Å². The van der Waals surface area contributed by atoms with Gasteiger partial charge in [-0.3, -0.25) is 9.59 Å². The van der Waals surface area contributed by atoms with Crippen molar-refractivity contribution in [2.24, 2.45) is 0 Å². The van der Waals surface area contributed by atoms with Crippen molar-refractivity contribution < 1.29 is 14.3 Å². The van der Waals surface area contributed by atoms with Gasteiger partial charge in [-0.1, -0.05) is 28.1 Å². The summed E-state index contributed by atoms with van der Waals surface area (Å²) in [7, 11) is 1.55. The number of piperidine rings is 1. The largest absolute Gasteiger partial charge is 0.496 e. The average molecular weight is 417 g/mol. The van der Waals surface area contributed by atoms with Crippen LogP contribution >= 0.6 is 15.9 Å². The average Bonchev–Trinajstić information content (AvgIpc) is 2.68. The topological polar surface area (TPSA) is 58.6 Å². The van der Waals surface area contributed by atoms with Gasteiger partial charge in [-0.05, 0) is 49.2 Å². The molecule has 0 spiro atoms. The zero-order valence-corrected chi connectivity index (χ0v) is 16.2. The first-order chi connectivity index (χ1) is 12.6. The van der Waals surface area contributed by atoms with Crippen LogP contribution in [0.15, 0.2) is 53.0 Å². The van der Waals surface area contributed by atoms with Gasteiger partial charge in [0.15, 0.2) is 0 Å². The van der Waals surface area contributed by atoms with Gasteiger partial charge < -0.3 is 15.0 Å². The number of benzene rings is 2. The third-order valence-electron chi connectivity index (χ3n) is 4.56. The Morgan fingerprint density at radius 3 is 2.38 bits per heavy atom. The normalized spacial score (nSPS) is 14.8. The Balaban J connectivity index is 1.56. The van der Waals surface area contributed by atoms with Gasteiger partial charge in [-0.15, -0.1) is 0 Å². The smallest absolute Gasteiger partial charge is 0.255 e. The molecule has 3 rings (SSSR count). The minimum absolute atomic E-state index is 0.0343. The third-order valence-corrected chi connectivity index (χ3v) is 5.09. The number of nitrogens with one attached hydrogen (secondary N) is 1. The fourth-order valence-electron chi connectivity index (χ4n) is 3.10. The zero-order chi connectivity index (χ0) is 18.5. The summed E-state index contributed by atoms with van der Waals surface area (Å²) in [6.45, 7) is 1.26. The summed E-state index contributed by atoms with van der Waals surface area (Å²) in [5, 5.41) is 3.05. The predicted octanol–water partition coefficient (Wildman–Crippen LogP) is 3.49. The van der Waals surface area contributed by atoms with Crippen LogP contribution in [-0.2, 0) is 0 Å². The Labute approximate surface area is 161 Å². The maximum absolute atomic E-state index is 12.6. The number of carbonyl (C=O) groups excluding carboxylic acids is 2. The highest BCUT2D eigenvalue weighted by atomic mass is 79.9. The molecule has 6 heteroatoms. The second-order valence-corrected chi connectivity index (χ2v) is 7.16. The molecule has 0 atom stereocenters. The number of nitrogens with zero attached hydrogens (tertiary/aromatic N) is 1. The fraction of sp³-hybridized carbons (Fsp3) is 0.300. The SMILES string of the molecule is COc1ccccc1C(=O)NC1CCN(C(=O)c2ccc(Br)cc2)CC1. The summed E-state index contributed by atoms with van der Waals surface area (Å²) in [6, 6.07) is 14.6. The van der Waals surface area contributed by atoms with Crippen molar-refractivity contribution in [1.82, 2.24) is 10.2 Å². The van der Waals surface area contributed by atoms with Crippen LogP contribution in [0.25, 0.3) is 0 Å². The van der Waals surface area contributed by atoms with Gasteiger partial charge in [-0.2, -0.15) is 0 Å². The standard InChI is InChI=1S/C20H21BrN2O3/c1-26-18-5-3-2-4-17(18)19(24)22-16-10-12-23(13-11-16)20(25)14-6-8-15(21)9-7-14/h2-9,16H,10-13H2,1H3,(H,22,24). The Morgan fingerprint density at radius 1 is 1.08 bits per heavy atom. The monoisotopic (exact) mass is 416 g/mol. The molecule has 2 aromatic rings. The number of amides is 2. The Bertz CT molecular complexity index is 784. The lowest BCUT2D eigenvalue weighted by molar-refractivity contribution is 0.0698. The molecule has 1 aliphatic heterocycles. The molecule has 5 nitrogen and oxygen atoms in total. The lowest BCUT2D eigenvalue weighted by atomic mass is 10.0. The van der Waals surface area contributed by atoms with E-state index in [0.717, 1.165) is 17.3 Å². The highest BCUT2D eigenvalue weighted by Gasteiger charge is 2.25. The van der Waals surface area contributed by atoms with Gasteiger partial charge >= 0.3 is 0 Å². The summed E-state index contributed by atoms with van der Waals surface area (Å²) < 4.78 is 6.20. The van der Waals surface area contributed by atoms with Crippen LogP contribution in [0.4, 0.5) is 0 Å². The van der Waals surface area contributed by atoms with Crippen LogP contribution in [0.2, 0.25) is 0 Å². The molecule has 1 saturated heterocycles. The molecular formula is C20H21BrN2O3. The Kier molecular flexibility index (Phi) is 5.93. The summed E-state index contributed by atoms with van der Waals surface area (Å²) in [4.78, 5) is 26.9. The highest BCUT2D eigenvalue weighted by Crippen LogP contribution is 2.19. The first kappa shape index (κ1) is 18.5. The molecule has 1 N–H and O–H groups in total. The van der Waals surface area contributed by atoms with E-state index >= 15 is 0 Å². The van der Waals surface area contributed by atoms with E-state index < -0.39 is 0 Å². The molecule has 0 aliphatic carbocycles. The van der Waals surface area contributed by atoms with E-state index in [-0.39, 0.29) is 17.9 Å². The molecule has 136 valence electrons. The number of halogens is 1. The second kappa shape index (κ2) is 8.36. The summed E-state index contributed by atoms with van der Waals surface area (Å²) in [5.41, 5.74) is 1.22. The van der Waals surface area contributed by atoms with Crippen molar-refractivity contribution in [2.75, 3.05) is 20.2 Å². The quantitative estimate of drug-likeness (QED) is 0.829. The van der Waals surface area contributed by atoms with Crippen molar-refractivity contribution in [2.45, 2.75) is 18.9 Å². The number of hydrogen-bond donors (Lipinski definition) is 1. The van der Waals surface area contributed by atoms with Crippen molar-refractivity contribution in [1.29, 1.82) is 0 Å². The number of ether oxygens (including phenoxy) is 1. The van der Waals surface area contributed by atoms with Crippen LogP contribution in [0.3, 0.4) is 0 Å². The Hall–Kier alpha value is -2.34. The number of likely N-dealkylation sites (tertiary alicyclic amines) is 1. The van der Waals surface area contributed by atoms with E-state index in [4.69, 9.17) is 4.74 Å².